The Hall–Kier alpha value is -1.17. The van der Waals surface area contributed by atoms with Crippen molar-refractivity contribution in [2.45, 2.75) is 0 Å². The summed E-state index contributed by atoms with van der Waals surface area (Å²) in [4.78, 5) is 23.1. The molecule has 5 nitrogen and oxygen atoms in total. The molecule has 0 rings (SSSR count). The van der Waals surface area contributed by atoms with E-state index in [4.69, 9.17) is 5.11 Å². The summed E-state index contributed by atoms with van der Waals surface area (Å²) < 4.78 is 0. The molecule has 0 saturated heterocycles. The average Bonchev–Trinajstić information content (AvgIpc) is 2.17. The van der Waals surface area contributed by atoms with Gasteiger partial charge in [0.2, 0.25) is 0 Å². The zero-order valence-electron chi connectivity index (χ0n) is 8.73. The molecule has 0 aliphatic rings. The third kappa shape index (κ3) is 6.84. The molecule has 0 radical (unpaired) electrons. The maximum absolute atomic E-state index is 11.4. The number of thioether (sulfide) groups is 1. The molecule has 0 aromatic carbocycles. The number of rotatable bonds is 7. The van der Waals surface area contributed by atoms with E-state index in [0.29, 0.717) is 6.54 Å². The number of urea groups is 1. The minimum absolute atomic E-state index is 0.234. The van der Waals surface area contributed by atoms with Crippen LogP contribution in [0.25, 0.3) is 0 Å². The summed E-state index contributed by atoms with van der Waals surface area (Å²) in [6, 6.07) is -0.369. The van der Waals surface area contributed by atoms with Gasteiger partial charge >= 0.3 is 12.0 Å². The number of aliphatic carboxylic acids is 1. The van der Waals surface area contributed by atoms with Gasteiger partial charge in [-0.25, -0.2) is 4.79 Å². The summed E-state index contributed by atoms with van der Waals surface area (Å²) in [5.74, 6) is -0.224. The van der Waals surface area contributed by atoms with Crippen LogP contribution >= 0.6 is 11.8 Å². The van der Waals surface area contributed by atoms with Crippen molar-refractivity contribution in [3.05, 3.63) is 12.7 Å². The first-order valence-electron chi connectivity index (χ1n) is 4.46. The van der Waals surface area contributed by atoms with Crippen molar-refractivity contribution in [1.29, 1.82) is 0 Å². The highest BCUT2D eigenvalue weighted by molar-refractivity contribution is 7.98. The Morgan fingerprint density at radius 2 is 2.27 bits per heavy atom. The number of carboxylic acids is 1. The first-order chi connectivity index (χ1) is 7.11. The van der Waals surface area contributed by atoms with Crippen LogP contribution < -0.4 is 5.32 Å². The Balaban J connectivity index is 4.03. The molecule has 0 heterocycles. The molecule has 0 aliphatic heterocycles. The van der Waals surface area contributed by atoms with Gasteiger partial charge in [-0.05, 0) is 6.26 Å². The maximum Gasteiger partial charge on any atom is 0.323 e. The first-order valence-corrected chi connectivity index (χ1v) is 5.85. The molecule has 2 N–H and O–H groups in total. The molecule has 2 amide bonds. The predicted octanol–water partition coefficient (Wildman–Crippen LogP) is 0.632. The van der Waals surface area contributed by atoms with E-state index < -0.39 is 5.97 Å². The van der Waals surface area contributed by atoms with Crippen LogP contribution in [0.1, 0.15) is 0 Å². The van der Waals surface area contributed by atoms with Crippen molar-refractivity contribution >= 4 is 23.8 Å². The molecule has 6 heteroatoms. The third-order valence-electron chi connectivity index (χ3n) is 1.55. The van der Waals surface area contributed by atoms with Crippen molar-refractivity contribution in [3.63, 3.8) is 0 Å². The van der Waals surface area contributed by atoms with Crippen LogP contribution in [0.5, 0.6) is 0 Å². The third-order valence-corrected chi connectivity index (χ3v) is 2.16. The highest BCUT2D eigenvalue weighted by atomic mass is 32.2. The molecular formula is C9H16N2O3S. The van der Waals surface area contributed by atoms with Gasteiger partial charge in [0.1, 0.15) is 6.54 Å². The Labute approximate surface area is 93.5 Å². The monoisotopic (exact) mass is 232 g/mol. The number of carbonyl (C=O) groups is 2. The van der Waals surface area contributed by atoms with Crippen molar-refractivity contribution < 1.29 is 14.7 Å². The summed E-state index contributed by atoms with van der Waals surface area (Å²) in [7, 11) is 0. The Bertz CT molecular complexity index is 233. The molecular weight excluding hydrogens is 216 g/mol. The SMILES string of the molecule is C=CCN(CC(=O)O)C(=O)NCCSC. The van der Waals surface area contributed by atoms with Gasteiger partial charge in [0.05, 0.1) is 0 Å². The van der Waals surface area contributed by atoms with Crippen LogP contribution in [0.4, 0.5) is 4.79 Å². The van der Waals surface area contributed by atoms with Gasteiger partial charge in [-0.3, -0.25) is 4.79 Å². The molecule has 0 unspecified atom stereocenters. The Morgan fingerprint density at radius 3 is 2.73 bits per heavy atom. The number of amides is 2. The van der Waals surface area contributed by atoms with E-state index in [1.807, 2.05) is 6.26 Å². The van der Waals surface area contributed by atoms with Gasteiger partial charge in [-0.2, -0.15) is 11.8 Å². The van der Waals surface area contributed by atoms with Gasteiger partial charge in [0.25, 0.3) is 0 Å². The average molecular weight is 232 g/mol. The second-order valence-corrected chi connectivity index (χ2v) is 3.77. The molecule has 0 spiro atoms. The lowest BCUT2D eigenvalue weighted by Gasteiger charge is -2.19. The van der Waals surface area contributed by atoms with Crippen LogP contribution in [0.15, 0.2) is 12.7 Å². The Morgan fingerprint density at radius 1 is 1.60 bits per heavy atom. The van der Waals surface area contributed by atoms with E-state index in [1.165, 1.54) is 11.0 Å². The lowest BCUT2D eigenvalue weighted by Crippen LogP contribution is -2.43. The Kier molecular flexibility index (Phi) is 7.53. The molecule has 0 aliphatic carbocycles. The summed E-state index contributed by atoms with van der Waals surface area (Å²) >= 11 is 1.61. The fourth-order valence-corrected chi connectivity index (χ4v) is 1.22. The van der Waals surface area contributed by atoms with Gasteiger partial charge < -0.3 is 15.3 Å². The van der Waals surface area contributed by atoms with E-state index in [9.17, 15) is 9.59 Å². The summed E-state index contributed by atoms with van der Waals surface area (Å²) in [5, 5.41) is 11.2. The maximum atomic E-state index is 11.4. The molecule has 15 heavy (non-hydrogen) atoms. The predicted molar refractivity (Wildman–Crippen MR) is 61.2 cm³/mol. The molecule has 0 fully saturated rings. The minimum atomic E-state index is -1.03. The molecule has 86 valence electrons. The topological polar surface area (TPSA) is 69.6 Å². The van der Waals surface area contributed by atoms with Crippen LogP contribution in [0.2, 0.25) is 0 Å². The van der Waals surface area contributed by atoms with E-state index in [-0.39, 0.29) is 19.1 Å². The summed E-state index contributed by atoms with van der Waals surface area (Å²) in [6.45, 7) is 3.93. The van der Waals surface area contributed by atoms with Gasteiger partial charge in [-0.15, -0.1) is 6.58 Å². The molecule has 0 aromatic heterocycles. The lowest BCUT2D eigenvalue weighted by atomic mass is 10.5. The summed E-state index contributed by atoms with van der Waals surface area (Å²) in [6.07, 6.45) is 3.43. The first kappa shape index (κ1) is 13.8. The van der Waals surface area contributed by atoms with Crippen LogP contribution in [-0.2, 0) is 4.79 Å². The van der Waals surface area contributed by atoms with E-state index >= 15 is 0 Å². The number of carbonyl (C=O) groups excluding carboxylic acids is 1. The standard InChI is InChI=1S/C9H16N2O3S/c1-3-5-11(7-8(12)13)9(14)10-4-6-15-2/h3H,1,4-7H2,2H3,(H,10,14)(H,12,13). The minimum Gasteiger partial charge on any atom is -0.480 e. The molecule has 0 atom stereocenters. The van der Waals surface area contributed by atoms with Crippen molar-refractivity contribution in [2.75, 3.05) is 31.6 Å². The van der Waals surface area contributed by atoms with Crippen molar-refractivity contribution in [3.8, 4) is 0 Å². The molecule has 0 saturated carbocycles. The number of hydrogen-bond acceptors (Lipinski definition) is 3. The van der Waals surface area contributed by atoms with Gasteiger partial charge in [-0.1, -0.05) is 6.08 Å². The summed E-state index contributed by atoms with van der Waals surface area (Å²) in [5.41, 5.74) is 0. The largest absolute Gasteiger partial charge is 0.480 e. The highest BCUT2D eigenvalue weighted by Crippen LogP contribution is 1.92. The lowest BCUT2D eigenvalue weighted by molar-refractivity contribution is -0.137. The van der Waals surface area contributed by atoms with Gasteiger partial charge in [0.15, 0.2) is 0 Å². The second-order valence-electron chi connectivity index (χ2n) is 2.79. The van der Waals surface area contributed by atoms with Crippen LogP contribution in [0.3, 0.4) is 0 Å². The van der Waals surface area contributed by atoms with Crippen molar-refractivity contribution in [1.82, 2.24) is 10.2 Å². The van der Waals surface area contributed by atoms with Crippen LogP contribution in [-0.4, -0.2) is 53.6 Å². The number of nitrogens with zero attached hydrogens (tertiary/aromatic N) is 1. The fourth-order valence-electron chi connectivity index (χ4n) is 0.910. The smallest absolute Gasteiger partial charge is 0.323 e. The van der Waals surface area contributed by atoms with Crippen LogP contribution in [0, 0.1) is 0 Å². The quantitative estimate of drug-likeness (QED) is 0.499. The zero-order valence-corrected chi connectivity index (χ0v) is 9.55. The van der Waals surface area contributed by atoms with E-state index in [1.54, 1.807) is 11.8 Å². The van der Waals surface area contributed by atoms with Crippen molar-refractivity contribution in [2.24, 2.45) is 0 Å². The van der Waals surface area contributed by atoms with E-state index in [2.05, 4.69) is 11.9 Å². The van der Waals surface area contributed by atoms with Gasteiger partial charge in [0, 0.05) is 18.8 Å². The van der Waals surface area contributed by atoms with E-state index in [0.717, 1.165) is 5.75 Å². The molecule has 0 aromatic rings. The zero-order chi connectivity index (χ0) is 11.7. The highest BCUT2D eigenvalue weighted by Gasteiger charge is 2.14. The number of hydrogen-bond donors (Lipinski definition) is 2. The fraction of sp³-hybridized carbons (Fsp3) is 0.556. The normalized spacial score (nSPS) is 9.40. The number of carboxylic acid groups (broad SMARTS) is 1. The molecule has 0 bridgehead atoms. The number of nitrogens with one attached hydrogen (secondary N) is 1. The second kappa shape index (κ2) is 8.16.